The van der Waals surface area contributed by atoms with Crippen LogP contribution in [-0.2, 0) is 34.2 Å². The molecule has 0 aliphatic heterocycles. The van der Waals surface area contributed by atoms with Crippen LogP contribution in [0, 0.1) is 6.92 Å². The van der Waals surface area contributed by atoms with Crippen molar-refractivity contribution in [3.8, 4) is 0 Å². The monoisotopic (exact) mass is 398 g/mol. The first-order valence-electron chi connectivity index (χ1n) is 9.24. The SMILES string of the molecule is Cc1cccc(S(=O)(=O)NC2Cc3cccc4c3c(cn4CCC(=O)O)C2)c1. The standard InChI is InChI=1S/C21H22N2O4S/c1-14-4-2-6-18(10-14)28(26,27)22-17-11-15-5-3-7-19-21(15)16(12-17)13-23(19)9-8-20(24)25/h2-7,10,13,17,22H,8-9,11-12H2,1H3,(H,24,25). The Bertz CT molecular complexity index is 1160. The summed E-state index contributed by atoms with van der Waals surface area (Å²) in [5.41, 5.74) is 4.05. The third-order valence-electron chi connectivity index (χ3n) is 5.19. The normalized spacial score (nSPS) is 16.4. The fourth-order valence-corrected chi connectivity index (χ4v) is 5.34. The molecule has 0 saturated heterocycles. The average Bonchev–Trinajstić information content (AvgIpc) is 2.99. The maximum Gasteiger partial charge on any atom is 0.305 e. The van der Waals surface area contributed by atoms with Gasteiger partial charge in [0, 0.05) is 29.7 Å². The molecule has 1 aliphatic carbocycles. The topological polar surface area (TPSA) is 88.4 Å². The number of rotatable bonds is 6. The molecule has 3 aromatic rings. The lowest BCUT2D eigenvalue weighted by Crippen LogP contribution is -2.39. The van der Waals surface area contributed by atoms with Crippen molar-refractivity contribution >= 4 is 26.9 Å². The Morgan fingerprint density at radius 1 is 1.18 bits per heavy atom. The van der Waals surface area contributed by atoms with E-state index in [1.165, 1.54) is 0 Å². The van der Waals surface area contributed by atoms with E-state index in [1.54, 1.807) is 18.2 Å². The number of nitrogens with one attached hydrogen (secondary N) is 1. The second kappa shape index (κ2) is 7.07. The molecule has 0 radical (unpaired) electrons. The lowest BCUT2D eigenvalue weighted by atomic mass is 9.90. The summed E-state index contributed by atoms with van der Waals surface area (Å²) in [7, 11) is -3.60. The predicted octanol–water partition coefficient (Wildman–Crippen LogP) is 2.87. The lowest BCUT2D eigenvalue weighted by molar-refractivity contribution is -0.137. The van der Waals surface area contributed by atoms with Crippen LogP contribution < -0.4 is 4.72 Å². The van der Waals surface area contributed by atoms with Gasteiger partial charge in [0.2, 0.25) is 10.0 Å². The molecule has 0 fully saturated rings. The van der Waals surface area contributed by atoms with Crippen LogP contribution in [0.25, 0.3) is 10.9 Å². The summed E-state index contributed by atoms with van der Waals surface area (Å²) in [4.78, 5) is 11.2. The lowest BCUT2D eigenvalue weighted by Gasteiger charge is -2.23. The highest BCUT2D eigenvalue weighted by molar-refractivity contribution is 7.89. The number of hydrogen-bond donors (Lipinski definition) is 2. The van der Waals surface area contributed by atoms with Crippen molar-refractivity contribution in [2.75, 3.05) is 0 Å². The Morgan fingerprint density at radius 2 is 1.93 bits per heavy atom. The van der Waals surface area contributed by atoms with Gasteiger partial charge in [0.1, 0.15) is 0 Å². The van der Waals surface area contributed by atoms with Crippen LogP contribution in [-0.4, -0.2) is 30.1 Å². The zero-order chi connectivity index (χ0) is 19.9. The Morgan fingerprint density at radius 3 is 2.68 bits per heavy atom. The van der Waals surface area contributed by atoms with E-state index in [-0.39, 0.29) is 17.4 Å². The molecule has 1 atom stereocenters. The molecule has 1 aromatic heterocycles. The van der Waals surface area contributed by atoms with Crippen LogP contribution in [0.3, 0.4) is 0 Å². The largest absolute Gasteiger partial charge is 0.481 e. The number of sulfonamides is 1. The molecule has 7 heteroatoms. The van der Waals surface area contributed by atoms with Gasteiger partial charge in [0.05, 0.1) is 11.3 Å². The van der Waals surface area contributed by atoms with Gasteiger partial charge in [-0.15, -0.1) is 0 Å². The van der Waals surface area contributed by atoms with Crippen LogP contribution in [0.2, 0.25) is 0 Å². The predicted molar refractivity (Wildman–Crippen MR) is 107 cm³/mol. The van der Waals surface area contributed by atoms with E-state index < -0.39 is 16.0 Å². The Labute approximate surface area is 163 Å². The van der Waals surface area contributed by atoms with Crippen molar-refractivity contribution in [1.82, 2.24) is 9.29 Å². The summed E-state index contributed by atoms with van der Waals surface area (Å²) in [6, 6.07) is 12.6. The number of carboxylic acids is 1. The number of benzene rings is 2. The highest BCUT2D eigenvalue weighted by atomic mass is 32.2. The number of carboxylic acid groups (broad SMARTS) is 1. The van der Waals surface area contributed by atoms with Gasteiger partial charge in [-0.25, -0.2) is 13.1 Å². The minimum Gasteiger partial charge on any atom is -0.481 e. The van der Waals surface area contributed by atoms with E-state index in [0.29, 0.717) is 19.4 Å². The molecule has 0 saturated carbocycles. The highest BCUT2D eigenvalue weighted by Gasteiger charge is 2.27. The minimum atomic E-state index is -3.60. The Balaban J connectivity index is 1.62. The number of nitrogens with zero attached hydrogens (tertiary/aromatic N) is 1. The summed E-state index contributed by atoms with van der Waals surface area (Å²) in [5.74, 6) is -0.835. The first kappa shape index (κ1) is 18.7. The van der Waals surface area contributed by atoms with Crippen LogP contribution in [0.15, 0.2) is 53.6 Å². The molecule has 2 aromatic carbocycles. The van der Waals surface area contributed by atoms with Gasteiger partial charge in [-0.05, 0) is 54.7 Å². The molecular formula is C21H22N2O4S. The van der Waals surface area contributed by atoms with Crippen LogP contribution >= 0.6 is 0 Å². The Kier molecular flexibility index (Phi) is 4.72. The molecule has 1 heterocycles. The summed E-state index contributed by atoms with van der Waals surface area (Å²) < 4.78 is 30.4. The number of carbonyl (C=O) groups is 1. The fourth-order valence-electron chi connectivity index (χ4n) is 4.00. The molecule has 1 aliphatic rings. The van der Waals surface area contributed by atoms with Gasteiger partial charge in [0.25, 0.3) is 0 Å². The van der Waals surface area contributed by atoms with Gasteiger partial charge < -0.3 is 9.67 Å². The van der Waals surface area contributed by atoms with E-state index in [2.05, 4.69) is 4.72 Å². The van der Waals surface area contributed by atoms with E-state index in [9.17, 15) is 13.2 Å². The van der Waals surface area contributed by atoms with Crippen molar-refractivity contribution in [1.29, 1.82) is 0 Å². The molecule has 146 valence electrons. The molecule has 0 spiro atoms. The summed E-state index contributed by atoms with van der Waals surface area (Å²) in [6.07, 6.45) is 3.21. The van der Waals surface area contributed by atoms with Gasteiger partial charge >= 0.3 is 5.97 Å². The van der Waals surface area contributed by atoms with E-state index in [1.807, 2.05) is 42.0 Å². The van der Waals surface area contributed by atoms with E-state index >= 15 is 0 Å². The van der Waals surface area contributed by atoms with Gasteiger partial charge in [0.15, 0.2) is 0 Å². The van der Waals surface area contributed by atoms with Gasteiger partial charge in [-0.1, -0.05) is 24.3 Å². The number of aromatic nitrogens is 1. The average molecular weight is 398 g/mol. The van der Waals surface area contributed by atoms with Crippen LogP contribution in [0.5, 0.6) is 0 Å². The van der Waals surface area contributed by atoms with E-state index in [4.69, 9.17) is 5.11 Å². The van der Waals surface area contributed by atoms with Crippen LogP contribution in [0.4, 0.5) is 0 Å². The first-order valence-corrected chi connectivity index (χ1v) is 10.7. The smallest absolute Gasteiger partial charge is 0.305 e. The van der Waals surface area contributed by atoms with Crippen LogP contribution in [0.1, 0.15) is 23.1 Å². The quantitative estimate of drug-likeness (QED) is 0.668. The molecule has 0 bridgehead atoms. The maximum atomic E-state index is 12.8. The first-order chi connectivity index (χ1) is 13.3. The second-order valence-electron chi connectivity index (χ2n) is 7.35. The summed E-state index contributed by atoms with van der Waals surface area (Å²) in [5, 5.41) is 10.1. The molecular weight excluding hydrogens is 376 g/mol. The number of hydrogen-bond acceptors (Lipinski definition) is 3. The number of aliphatic carboxylic acids is 1. The Hall–Kier alpha value is -2.64. The molecule has 4 rings (SSSR count). The summed E-state index contributed by atoms with van der Waals surface area (Å²) >= 11 is 0. The molecule has 2 N–H and O–H groups in total. The fraction of sp³-hybridized carbons (Fsp3) is 0.286. The highest BCUT2D eigenvalue weighted by Crippen LogP contribution is 2.32. The van der Waals surface area contributed by atoms with Crippen molar-refractivity contribution < 1.29 is 18.3 Å². The van der Waals surface area contributed by atoms with Crippen molar-refractivity contribution in [3.63, 3.8) is 0 Å². The van der Waals surface area contributed by atoms with Crippen molar-refractivity contribution in [2.24, 2.45) is 0 Å². The number of aryl methyl sites for hydroxylation is 2. The van der Waals surface area contributed by atoms with E-state index in [0.717, 1.165) is 27.6 Å². The zero-order valence-corrected chi connectivity index (χ0v) is 16.4. The van der Waals surface area contributed by atoms with Crippen molar-refractivity contribution in [3.05, 3.63) is 65.4 Å². The molecule has 28 heavy (non-hydrogen) atoms. The molecule has 0 amide bonds. The third-order valence-corrected chi connectivity index (χ3v) is 6.71. The van der Waals surface area contributed by atoms with Crippen molar-refractivity contribution in [2.45, 2.75) is 43.7 Å². The molecule has 1 unspecified atom stereocenters. The maximum absolute atomic E-state index is 12.8. The summed E-state index contributed by atoms with van der Waals surface area (Å²) in [6.45, 7) is 2.27. The molecule has 6 nitrogen and oxygen atoms in total. The third kappa shape index (κ3) is 3.55. The van der Waals surface area contributed by atoms with Gasteiger partial charge in [-0.2, -0.15) is 0 Å². The minimum absolute atomic E-state index is 0.0524. The second-order valence-corrected chi connectivity index (χ2v) is 9.06. The van der Waals surface area contributed by atoms with Gasteiger partial charge in [-0.3, -0.25) is 4.79 Å². The zero-order valence-electron chi connectivity index (χ0n) is 15.6.